The van der Waals surface area contributed by atoms with E-state index in [-0.39, 0.29) is 12.5 Å². The molecule has 5 nitrogen and oxygen atoms in total. The molecule has 0 radical (unpaired) electrons. The standard InChI is InChI=1S/C14H18N4O/c1-10-13(9-17-18(10)7-2-8-19)11-3-5-15-14-12(11)4-6-16-14/h3-6,9-10,13,19H,2,7-8H2,1H3,(H,15,16)/t10-,13-/m1/s1. The van der Waals surface area contributed by atoms with E-state index in [9.17, 15) is 0 Å². The van der Waals surface area contributed by atoms with Crippen LogP contribution in [0.1, 0.15) is 24.8 Å². The van der Waals surface area contributed by atoms with Gasteiger partial charge in [0.05, 0.1) is 6.04 Å². The molecule has 0 bridgehead atoms. The molecule has 1 aliphatic rings. The topological polar surface area (TPSA) is 64.5 Å². The quantitative estimate of drug-likeness (QED) is 0.877. The summed E-state index contributed by atoms with van der Waals surface area (Å²) in [5.74, 6) is 0.278. The maximum Gasteiger partial charge on any atom is 0.137 e. The third-order valence-corrected chi connectivity index (χ3v) is 3.76. The number of rotatable bonds is 4. The fourth-order valence-corrected chi connectivity index (χ4v) is 2.68. The molecule has 3 rings (SSSR count). The number of aliphatic hydroxyl groups is 1. The van der Waals surface area contributed by atoms with Gasteiger partial charge in [-0.3, -0.25) is 5.01 Å². The minimum Gasteiger partial charge on any atom is -0.396 e. The Hall–Kier alpha value is -1.88. The van der Waals surface area contributed by atoms with Gasteiger partial charge in [-0.05, 0) is 31.0 Å². The zero-order valence-corrected chi connectivity index (χ0v) is 11.0. The highest BCUT2D eigenvalue weighted by Gasteiger charge is 2.29. The number of nitrogens with zero attached hydrogens (tertiary/aromatic N) is 3. The van der Waals surface area contributed by atoms with E-state index in [0.717, 1.165) is 24.0 Å². The predicted molar refractivity (Wildman–Crippen MR) is 75.2 cm³/mol. The minimum absolute atomic E-state index is 0.209. The van der Waals surface area contributed by atoms with Crippen LogP contribution in [0.15, 0.2) is 29.6 Å². The number of aromatic amines is 1. The Bertz CT molecular complexity index is 592. The molecule has 0 aliphatic carbocycles. The van der Waals surface area contributed by atoms with Crippen LogP contribution in [-0.4, -0.2) is 45.5 Å². The first kappa shape index (κ1) is 12.2. The van der Waals surface area contributed by atoms with E-state index in [1.165, 1.54) is 5.56 Å². The fourth-order valence-electron chi connectivity index (χ4n) is 2.68. The maximum atomic E-state index is 8.92. The Kier molecular flexibility index (Phi) is 3.21. The van der Waals surface area contributed by atoms with Crippen molar-refractivity contribution in [1.29, 1.82) is 0 Å². The van der Waals surface area contributed by atoms with Crippen molar-refractivity contribution in [3.05, 3.63) is 30.1 Å². The van der Waals surface area contributed by atoms with Gasteiger partial charge in [0.25, 0.3) is 0 Å². The van der Waals surface area contributed by atoms with Crippen LogP contribution < -0.4 is 0 Å². The molecule has 3 heterocycles. The molecule has 100 valence electrons. The van der Waals surface area contributed by atoms with Gasteiger partial charge in [-0.1, -0.05) is 0 Å². The average Bonchev–Trinajstić information content (AvgIpc) is 3.03. The van der Waals surface area contributed by atoms with Crippen LogP contribution in [-0.2, 0) is 0 Å². The Morgan fingerprint density at radius 1 is 1.42 bits per heavy atom. The summed E-state index contributed by atoms with van der Waals surface area (Å²) in [4.78, 5) is 7.46. The van der Waals surface area contributed by atoms with Gasteiger partial charge in [0.15, 0.2) is 0 Å². The van der Waals surface area contributed by atoms with Gasteiger partial charge < -0.3 is 10.1 Å². The van der Waals surface area contributed by atoms with Crippen molar-refractivity contribution < 1.29 is 5.11 Å². The molecule has 0 saturated carbocycles. The number of aliphatic hydroxyl groups excluding tert-OH is 1. The molecule has 0 amide bonds. The van der Waals surface area contributed by atoms with Crippen LogP contribution in [0, 0.1) is 0 Å². The van der Waals surface area contributed by atoms with Gasteiger partial charge in [-0.25, -0.2) is 4.98 Å². The summed E-state index contributed by atoms with van der Waals surface area (Å²) in [7, 11) is 0. The van der Waals surface area contributed by atoms with Crippen LogP contribution in [0.2, 0.25) is 0 Å². The molecule has 2 aromatic heterocycles. The lowest BCUT2D eigenvalue weighted by atomic mass is 9.93. The normalized spacial score (nSPS) is 22.5. The molecule has 5 heteroatoms. The largest absolute Gasteiger partial charge is 0.396 e. The zero-order valence-electron chi connectivity index (χ0n) is 11.0. The smallest absolute Gasteiger partial charge is 0.137 e. The van der Waals surface area contributed by atoms with Gasteiger partial charge in [0.2, 0.25) is 0 Å². The van der Waals surface area contributed by atoms with Gasteiger partial charge in [-0.15, -0.1) is 0 Å². The van der Waals surface area contributed by atoms with Crippen LogP contribution in [0.25, 0.3) is 11.0 Å². The second kappa shape index (κ2) is 5.01. The second-order valence-corrected chi connectivity index (χ2v) is 4.91. The van der Waals surface area contributed by atoms with Crippen molar-refractivity contribution in [2.24, 2.45) is 5.10 Å². The van der Waals surface area contributed by atoms with Crippen molar-refractivity contribution in [1.82, 2.24) is 15.0 Å². The Labute approximate surface area is 112 Å². The highest BCUT2D eigenvalue weighted by Crippen LogP contribution is 2.31. The van der Waals surface area contributed by atoms with Crippen molar-refractivity contribution >= 4 is 17.2 Å². The predicted octanol–water partition coefficient (Wildman–Crippen LogP) is 1.72. The van der Waals surface area contributed by atoms with E-state index in [1.807, 2.05) is 18.6 Å². The molecular formula is C14H18N4O. The van der Waals surface area contributed by atoms with Gasteiger partial charge in [0, 0.05) is 43.1 Å². The molecule has 0 saturated heterocycles. The second-order valence-electron chi connectivity index (χ2n) is 4.91. The third kappa shape index (κ3) is 2.10. The Morgan fingerprint density at radius 3 is 3.16 bits per heavy atom. The van der Waals surface area contributed by atoms with Crippen LogP contribution in [0.4, 0.5) is 0 Å². The number of H-pyrrole nitrogens is 1. The van der Waals surface area contributed by atoms with E-state index < -0.39 is 0 Å². The van der Waals surface area contributed by atoms with Crippen molar-refractivity contribution in [3.63, 3.8) is 0 Å². The highest BCUT2D eigenvalue weighted by molar-refractivity contribution is 5.85. The van der Waals surface area contributed by atoms with E-state index in [4.69, 9.17) is 5.11 Å². The van der Waals surface area contributed by atoms with E-state index >= 15 is 0 Å². The number of pyridine rings is 1. The first-order valence-corrected chi connectivity index (χ1v) is 6.65. The first-order valence-electron chi connectivity index (χ1n) is 6.65. The lowest BCUT2D eigenvalue weighted by molar-refractivity contribution is 0.200. The summed E-state index contributed by atoms with van der Waals surface area (Å²) in [6.45, 7) is 3.18. The lowest BCUT2D eigenvalue weighted by Gasteiger charge is -2.24. The third-order valence-electron chi connectivity index (χ3n) is 3.76. The maximum absolute atomic E-state index is 8.92. The fraction of sp³-hybridized carbons (Fsp3) is 0.429. The summed E-state index contributed by atoms with van der Waals surface area (Å²) >= 11 is 0. The zero-order chi connectivity index (χ0) is 13.2. The Balaban J connectivity index is 1.87. The highest BCUT2D eigenvalue weighted by atomic mass is 16.3. The minimum atomic E-state index is 0.209. The van der Waals surface area contributed by atoms with Crippen LogP contribution >= 0.6 is 0 Å². The number of hydrogen-bond donors (Lipinski definition) is 2. The lowest BCUT2D eigenvalue weighted by Crippen LogP contribution is -2.29. The number of hydrazone groups is 1. The molecule has 0 spiro atoms. The van der Waals surface area contributed by atoms with Crippen molar-refractivity contribution in [3.8, 4) is 0 Å². The SMILES string of the molecule is C[C@@H]1[C@H](c2ccnc3[nH]ccc23)C=NN1CCCO. The van der Waals surface area contributed by atoms with Crippen molar-refractivity contribution in [2.75, 3.05) is 13.2 Å². The van der Waals surface area contributed by atoms with Crippen LogP contribution in [0.3, 0.4) is 0 Å². The van der Waals surface area contributed by atoms with E-state index in [0.29, 0.717) is 6.04 Å². The van der Waals surface area contributed by atoms with Gasteiger partial charge in [-0.2, -0.15) is 5.10 Å². The molecule has 2 N–H and O–H groups in total. The molecule has 19 heavy (non-hydrogen) atoms. The van der Waals surface area contributed by atoms with Gasteiger partial charge in [0.1, 0.15) is 5.65 Å². The summed E-state index contributed by atoms with van der Waals surface area (Å²) < 4.78 is 0. The van der Waals surface area contributed by atoms with E-state index in [1.54, 1.807) is 0 Å². The van der Waals surface area contributed by atoms with Crippen LogP contribution in [0.5, 0.6) is 0 Å². The summed E-state index contributed by atoms with van der Waals surface area (Å²) in [6.07, 6.45) is 6.51. The summed E-state index contributed by atoms with van der Waals surface area (Å²) in [5, 5.41) is 16.6. The van der Waals surface area contributed by atoms with Gasteiger partial charge >= 0.3 is 0 Å². The Morgan fingerprint density at radius 2 is 2.32 bits per heavy atom. The first-order chi connectivity index (χ1) is 9.31. The molecular weight excluding hydrogens is 240 g/mol. The van der Waals surface area contributed by atoms with E-state index in [2.05, 4.69) is 39.1 Å². The summed E-state index contributed by atoms with van der Waals surface area (Å²) in [6, 6.07) is 4.44. The molecule has 2 aromatic rings. The van der Waals surface area contributed by atoms with Crippen molar-refractivity contribution in [2.45, 2.75) is 25.3 Å². The summed E-state index contributed by atoms with van der Waals surface area (Å²) in [5.41, 5.74) is 2.18. The molecule has 0 fully saturated rings. The molecule has 1 aliphatic heterocycles. The number of nitrogens with one attached hydrogen (secondary N) is 1. The molecule has 0 unspecified atom stereocenters. The average molecular weight is 258 g/mol. The monoisotopic (exact) mass is 258 g/mol. The molecule has 2 atom stereocenters. The number of fused-ring (bicyclic) bond motifs is 1. The number of hydrogen-bond acceptors (Lipinski definition) is 4. The molecule has 0 aromatic carbocycles. The number of aromatic nitrogens is 2.